The second-order valence-corrected chi connectivity index (χ2v) is 2.69. The van der Waals surface area contributed by atoms with Crippen LogP contribution in [0.1, 0.15) is 53.4 Å². The fraction of sp³-hybridized carbons (Fsp3) is 1.00. The molecule has 0 aromatic rings. The van der Waals surface area contributed by atoms with Crippen LogP contribution in [0.25, 0.3) is 0 Å². The molecule has 0 atom stereocenters. The third-order valence-electron chi connectivity index (χ3n) is 1.40. The zero-order valence-corrected chi connectivity index (χ0v) is 13.2. The van der Waals surface area contributed by atoms with Crippen molar-refractivity contribution in [3.63, 3.8) is 0 Å². The van der Waals surface area contributed by atoms with Crippen molar-refractivity contribution in [1.82, 2.24) is 0 Å². The van der Waals surface area contributed by atoms with Gasteiger partial charge in [0.2, 0.25) is 0 Å². The molecule has 0 spiro atoms. The van der Waals surface area contributed by atoms with E-state index in [-0.39, 0.29) is 0 Å². The summed E-state index contributed by atoms with van der Waals surface area (Å²) in [5.74, 6) is 0. The van der Waals surface area contributed by atoms with Crippen LogP contribution in [0.2, 0.25) is 0 Å². The summed E-state index contributed by atoms with van der Waals surface area (Å²) >= 11 is 4.64. The molecular weight excluding hydrogens is 224 g/mol. The molecule has 0 aromatic heterocycles. The summed E-state index contributed by atoms with van der Waals surface area (Å²) in [5.41, 5.74) is 0. The molecule has 16 heavy (non-hydrogen) atoms. The smallest absolute Gasteiger partial charge is 0.0462 e. The summed E-state index contributed by atoms with van der Waals surface area (Å²) < 4.78 is 9.56. The molecule has 2 nitrogen and oxygen atoms in total. The summed E-state index contributed by atoms with van der Waals surface area (Å²) in [4.78, 5) is 0. The van der Waals surface area contributed by atoms with E-state index in [9.17, 15) is 0 Å². The van der Waals surface area contributed by atoms with Crippen LogP contribution in [-0.4, -0.2) is 33.8 Å². The first kappa shape index (κ1) is 25.2. The molecule has 0 bridgehead atoms. The molecule has 0 aliphatic carbocycles. The number of alkyl halides is 1. The summed E-state index contributed by atoms with van der Waals surface area (Å²) in [7, 11) is 3.46. The lowest BCUT2D eigenvalue weighted by molar-refractivity contribution is 0.194. The monoisotopic (exact) mass is 256 g/mol. The predicted octanol–water partition coefficient (Wildman–Crippen LogP) is 4.75. The first-order valence-corrected chi connectivity index (χ1v) is 6.94. The van der Waals surface area contributed by atoms with E-state index in [1.165, 1.54) is 32.1 Å². The molecule has 104 valence electrons. The zero-order valence-electron chi connectivity index (χ0n) is 12.4. The third-order valence-corrected chi connectivity index (χ3v) is 1.40. The Hall–Kier alpha value is 0.210. The van der Waals surface area contributed by atoms with Crippen LogP contribution in [-0.2, 0) is 9.47 Å². The Morgan fingerprint density at radius 1 is 0.750 bits per heavy atom. The van der Waals surface area contributed by atoms with Crippen LogP contribution >= 0.6 is 11.6 Å². The van der Waals surface area contributed by atoms with Crippen molar-refractivity contribution in [2.75, 3.05) is 33.8 Å². The van der Waals surface area contributed by atoms with Crippen LogP contribution in [0.5, 0.6) is 0 Å². The van der Waals surface area contributed by atoms with E-state index in [1.807, 2.05) is 13.8 Å². The van der Waals surface area contributed by atoms with Crippen molar-refractivity contribution in [2.24, 2.45) is 0 Å². The van der Waals surface area contributed by atoms with E-state index in [4.69, 9.17) is 9.47 Å². The molecule has 0 N–H and O–H groups in total. The van der Waals surface area contributed by atoms with Gasteiger partial charge < -0.3 is 9.47 Å². The maximum atomic E-state index is 4.78. The Morgan fingerprint density at radius 3 is 1.06 bits per heavy atom. The second-order valence-electron chi connectivity index (χ2n) is 2.69. The number of methoxy groups -OCH3 is 2. The summed E-state index contributed by atoms with van der Waals surface area (Å²) in [5, 5.41) is 0. The molecule has 0 aromatic carbocycles. The van der Waals surface area contributed by atoms with Crippen LogP contribution in [0.15, 0.2) is 0 Å². The Balaban J connectivity index is -0.0000000686. The van der Waals surface area contributed by atoms with Crippen molar-refractivity contribution in [1.29, 1.82) is 0 Å². The summed E-state index contributed by atoms with van der Waals surface area (Å²) in [6.07, 6.45) is 6.31. The lowest BCUT2D eigenvalue weighted by Gasteiger charge is -1.89. The van der Waals surface area contributed by atoms with Gasteiger partial charge in [0.15, 0.2) is 0 Å². The molecule has 0 aliphatic heterocycles. The van der Waals surface area contributed by atoms with Gasteiger partial charge in [-0.05, 0) is 12.8 Å². The minimum Gasteiger partial charge on any atom is -0.385 e. The van der Waals surface area contributed by atoms with Gasteiger partial charge in [-0.15, -0.1) is 11.6 Å². The molecular formula is C13H33ClO2. The molecule has 0 saturated carbocycles. The largest absolute Gasteiger partial charge is 0.385 e. The Kier molecular flexibility index (Phi) is 71.6. The lowest BCUT2D eigenvalue weighted by atomic mass is 10.4. The van der Waals surface area contributed by atoms with E-state index in [0.29, 0.717) is 0 Å². The average molecular weight is 257 g/mol. The van der Waals surface area contributed by atoms with Gasteiger partial charge in [-0.1, -0.05) is 40.5 Å². The Bertz CT molecular complexity index is 45.9. The molecule has 0 aliphatic rings. The van der Waals surface area contributed by atoms with Crippen LogP contribution in [0, 0.1) is 0 Å². The fourth-order valence-electron chi connectivity index (χ4n) is 0.577. The number of rotatable bonds is 6. The Morgan fingerprint density at radius 2 is 1.00 bits per heavy atom. The average Bonchev–Trinajstić information content (AvgIpc) is 2.39. The number of hydrogen-bond donors (Lipinski definition) is 0. The van der Waals surface area contributed by atoms with Crippen molar-refractivity contribution in [3.8, 4) is 0 Å². The summed E-state index contributed by atoms with van der Waals surface area (Å²) in [6, 6.07) is 0. The number of halogens is 1. The molecule has 0 radical (unpaired) electrons. The van der Waals surface area contributed by atoms with Gasteiger partial charge in [0.05, 0.1) is 0 Å². The van der Waals surface area contributed by atoms with Gasteiger partial charge >= 0.3 is 0 Å². The SMILES string of the molecule is CC.CCCCOC.CCCCOC.CCl. The molecule has 0 rings (SSSR count). The van der Waals surface area contributed by atoms with Crippen LogP contribution in [0.3, 0.4) is 0 Å². The van der Waals surface area contributed by atoms with Crippen molar-refractivity contribution in [3.05, 3.63) is 0 Å². The number of hydrogen-bond acceptors (Lipinski definition) is 2. The normalized spacial score (nSPS) is 7.50. The molecule has 0 heterocycles. The van der Waals surface area contributed by atoms with Gasteiger partial charge in [-0.3, -0.25) is 0 Å². The predicted molar refractivity (Wildman–Crippen MR) is 76.7 cm³/mol. The highest BCUT2D eigenvalue weighted by Crippen LogP contribution is 1.83. The third kappa shape index (κ3) is 64.3. The van der Waals surface area contributed by atoms with Gasteiger partial charge in [-0.2, -0.15) is 0 Å². The van der Waals surface area contributed by atoms with Crippen molar-refractivity contribution < 1.29 is 9.47 Å². The van der Waals surface area contributed by atoms with E-state index < -0.39 is 0 Å². The van der Waals surface area contributed by atoms with Crippen molar-refractivity contribution in [2.45, 2.75) is 53.4 Å². The quantitative estimate of drug-likeness (QED) is 0.505. The molecule has 0 amide bonds. The first-order chi connectivity index (χ1) is 7.83. The van der Waals surface area contributed by atoms with E-state index in [2.05, 4.69) is 25.4 Å². The van der Waals surface area contributed by atoms with Crippen LogP contribution in [0.4, 0.5) is 0 Å². The fourth-order valence-corrected chi connectivity index (χ4v) is 0.577. The minimum atomic E-state index is 0.913. The summed E-state index contributed by atoms with van der Waals surface area (Å²) in [6.45, 7) is 10.1. The van der Waals surface area contributed by atoms with E-state index in [0.717, 1.165) is 13.2 Å². The first-order valence-electron chi connectivity index (χ1n) is 6.19. The highest BCUT2D eigenvalue weighted by atomic mass is 35.5. The van der Waals surface area contributed by atoms with E-state index >= 15 is 0 Å². The highest BCUT2D eigenvalue weighted by molar-refractivity contribution is 6.15. The lowest BCUT2D eigenvalue weighted by Crippen LogP contribution is -1.84. The molecule has 0 unspecified atom stereocenters. The van der Waals surface area contributed by atoms with Gasteiger partial charge in [0, 0.05) is 33.8 Å². The molecule has 0 fully saturated rings. The standard InChI is InChI=1S/2C5H12O.C2H6.CH3Cl/c2*1-3-4-5-6-2;2*1-2/h2*3-5H2,1-2H3;1-2H3;1H3. The molecule has 3 heteroatoms. The maximum absolute atomic E-state index is 4.78. The second kappa shape index (κ2) is 45.6. The number of ether oxygens (including phenoxy) is 2. The van der Waals surface area contributed by atoms with Gasteiger partial charge in [0.25, 0.3) is 0 Å². The zero-order chi connectivity index (χ0) is 13.7. The minimum absolute atomic E-state index is 0.913. The highest BCUT2D eigenvalue weighted by Gasteiger charge is 1.75. The Labute approximate surface area is 109 Å². The van der Waals surface area contributed by atoms with E-state index in [1.54, 1.807) is 14.2 Å². The van der Waals surface area contributed by atoms with Crippen molar-refractivity contribution >= 4 is 11.6 Å². The van der Waals surface area contributed by atoms with Gasteiger partial charge in [-0.25, -0.2) is 0 Å². The van der Waals surface area contributed by atoms with Crippen LogP contribution < -0.4 is 0 Å². The number of unbranched alkanes of at least 4 members (excludes halogenated alkanes) is 2. The molecule has 0 saturated heterocycles. The topological polar surface area (TPSA) is 18.5 Å². The maximum Gasteiger partial charge on any atom is 0.0462 e. The van der Waals surface area contributed by atoms with Gasteiger partial charge in [0.1, 0.15) is 0 Å².